The minimum Gasteiger partial charge on any atom is -0.495 e. The zero-order valence-electron chi connectivity index (χ0n) is 14.6. The molecule has 132 valence electrons. The van der Waals surface area contributed by atoms with Crippen LogP contribution in [0.5, 0.6) is 5.75 Å². The van der Waals surface area contributed by atoms with Crippen molar-refractivity contribution < 1.29 is 9.53 Å². The maximum atomic E-state index is 12.2. The number of nitrogens with zero attached hydrogens (tertiary/aromatic N) is 3. The van der Waals surface area contributed by atoms with Gasteiger partial charge < -0.3 is 15.4 Å². The summed E-state index contributed by atoms with van der Waals surface area (Å²) in [5, 5.41) is 5.91. The lowest BCUT2D eigenvalue weighted by Crippen LogP contribution is -2.23. The number of methoxy groups -OCH3 is 1. The Bertz CT molecular complexity index is 882. The molecular weight excluding hydrogens is 330 g/mol. The van der Waals surface area contributed by atoms with E-state index >= 15 is 0 Å². The topological polar surface area (TPSA) is 89.0 Å². The van der Waals surface area contributed by atoms with E-state index in [1.807, 2.05) is 37.3 Å². The first-order valence-electron chi connectivity index (χ1n) is 8.06. The molecule has 26 heavy (non-hydrogen) atoms. The number of rotatable bonds is 6. The summed E-state index contributed by atoms with van der Waals surface area (Å²) in [5.74, 6) is 0.837. The first-order valence-corrected chi connectivity index (χ1v) is 8.06. The third-order valence-corrected chi connectivity index (χ3v) is 3.69. The number of anilines is 2. The number of aromatic nitrogens is 3. The van der Waals surface area contributed by atoms with Crippen molar-refractivity contribution in [3.63, 3.8) is 0 Å². The monoisotopic (exact) mass is 349 g/mol. The smallest absolute Gasteiger partial charge is 0.254 e. The first-order chi connectivity index (χ1) is 12.7. The highest BCUT2D eigenvalue weighted by Gasteiger charge is 2.09. The molecule has 2 N–H and O–H groups in total. The van der Waals surface area contributed by atoms with E-state index in [2.05, 4.69) is 25.6 Å². The van der Waals surface area contributed by atoms with Gasteiger partial charge in [-0.2, -0.15) is 0 Å². The zero-order chi connectivity index (χ0) is 18.4. The van der Waals surface area contributed by atoms with Crippen LogP contribution in [0.1, 0.15) is 21.5 Å². The van der Waals surface area contributed by atoms with Gasteiger partial charge in [0, 0.05) is 31.3 Å². The molecule has 7 nitrogen and oxygen atoms in total. The van der Waals surface area contributed by atoms with Crippen LogP contribution in [0.4, 0.5) is 11.6 Å². The summed E-state index contributed by atoms with van der Waals surface area (Å²) in [6.07, 6.45) is 6.36. The van der Waals surface area contributed by atoms with Crippen molar-refractivity contribution in [3.05, 3.63) is 71.8 Å². The Morgan fingerprint density at radius 1 is 1.15 bits per heavy atom. The largest absolute Gasteiger partial charge is 0.495 e. The van der Waals surface area contributed by atoms with E-state index in [0.717, 1.165) is 16.8 Å². The average molecular weight is 349 g/mol. The number of hydrogen-bond acceptors (Lipinski definition) is 6. The van der Waals surface area contributed by atoms with E-state index < -0.39 is 0 Å². The molecule has 0 bridgehead atoms. The van der Waals surface area contributed by atoms with Gasteiger partial charge in [-0.1, -0.05) is 12.1 Å². The van der Waals surface area contributed by atoms with Gasteiger partial charge in [0.2, 0.25) is 5.95 Å². The summed E-state index contributed by atoms with van der Waals surface area (Å²) in [7, 11) is 1.60. The van der Waals surface area contributed by atoms with Gasteiger partial charge in [0.05, 0.1) is 18.4 Å². The molecule has 0 saturated carbocycles. The van der Waals surface area contributed by atoms with Crippen molar-refractivity contribution >= 4 is 17.5 Å². The summed E-state index contributed by atoms with van der Waals surface area (Å²) < 4.78 is 5.32. The Hall–Kier alpha value is -3.48. The van der Waals surface area contributed by atoms with E-state index in [9.17, 15) is 4.79 Å². The predicted octanol–water partition coefficient (Wildman–Crippen LogP) is 2.86. The Morgan fingerprint density at radius 2 is 1.96 bits per heavy atom. The van der Waals surface area contributed by atoms with Gasteiger partial charge in [-0.3, -0.25) is 9.78 Å². The molecule has 0 saturated heterocycles. The molecule has 0 aliphatic rings. The second-order valence-corrected chi connectivity index (χ2v) is 5.67. The number of ether oxygens (including phenoxy) is 1. The van der Waals surface area contributed by atoms with Gasteiger partial charge in [-0.25, -0.2) is 9.97 Å². The minimum atomic E-state index is -0.242. The highest BCUT2D eigenvalue weighted by molar-refractivity contribution is 5.93. The number of amides is 1. The second-order valence-electron chi connectivity index (χ2n) is 5.67. The second kappa shape index (κ2) is 8.06. The molecule has 3 aromatic rings. The lowest BCUT2D eigenvalue weighted by molar-refractivity contribution is 0.0950. The van der Waals surface area contributed by atoms with E-state index in [0.29, 0.717) is 23.8 Å². The molecule has 0 spiro atoms. The molecule has 0 atom stereocenters. The molecule has 0 unspecified atom stereocenters. The summed E-state index contributed by atoms with van der Waals surface area (Å²) in [5.41, 5.74) is 3.16. The van der Waals surface area contributed by atoms with Gasteiger partial charge in [0.25, 0.3) is 5.91 Å². The van der Waals surface area contributed by atoms with Crippen LogP contribution in [0.2, 0.25) is 0 Å². The number of pyridine rings is 1. The molecular formula is C19H19N5O2. The van der Waals surface area contributed by atoms with Gasteiger partial charge in [-0.05, 0) is 36.2 Å². The maximum Gasteiger partial charge on any atom is 0.254 e. The highest BCUT2D eigenvalue weighted by atomic mass is 16.5. The summed E-state index contributed by atoms with van der Waals surface area (Å²) in [4.78, 5) is 24.6. The lowest BCUT2D eigenvalue weighted by Gasteiger charge is -2.11. The van der Waals surface area contributed by atoms with Crippen LogP contribution >= 0.6 is 0 Å². The highest BCUT2D eigenvalue weighted by Crippen LogP contribution is 2.27. The van der Waals surface area contributed by atoms with Crippen LogP contribution in [0.25, 0.3) is 0 Å². The minimum absolute atomic E-state index is 0.242. The van der Waals surface area contributed by atoms with E-state index in [1.54, 1.807) is 19.5 Å². The fourth-order valence-corrected chi connectivity index (χ4v) is 2.34. The van der Waals surface area contributed by atoms with Crippen molar-refractivity contribution in [2.24, 2.45) is 0 Å². The standard InChI is InChI=1S/C19H19N5O2/c1-13-5-6-17(26-2)16(8-13)24-19-22-11-15(12-23-19)18(25)21-10-14-4-3-7-20-9-14/h3-9,11-12H,10H2,1-2H3,(H,21,25)(H,22,23,24). The van der Waals surface area contributed by atoms with Crippen molar-refractivity contribution in [2.75, 3.05) is 12.4 Å². The molecule has 1 aromatic carbocycles. The Labute approximate surface area is 151 Å². The maximum absolute atomic E-state index is 12.2. The van der Waals surface area contributed by atoms with Gasteiger partial charge in [0.1, 0.15) is 5.75 Å². The number of carbonyl (C=O) groups excluding carboxylic acids is 1. The number of carbonyl (C=O) groups is 1. The molecule has 0 aliphatic carbocycles. The predicted molar refractivity (Wildman–Crippen MR) is 98.5 cm³/mol. The molecule has 2 heterocycles. The molecule has 3 rings (SSSR count). The van der Waals surface area contributed by atoms with Crippen molar-refractivity contribution in [3.8, 4) is 5.75 Å². The van der Waals surface area contributed by atoms with Gasteiger partial charge in [-0.15, -0.1) is 0 Å². The fourth-order valence-electron chi connectivity index (χ4n) is 2.34. The molecule has 2 aromatic heterocycles. The molecule has 0 fully saturated rings. The lowest BCUT2D eigenvalue weighted by atomic mass is 10.2. The summed E-state index contributed by atoms with van der Waals surface area (Å²) in [6, 6.07) is 9.49. The van der Waals surface area contributed by atoms with E-state index in [1.165, 1.54) is 12.4 Å². The van der Waals surface area contributed by atoms with Crippen LogP contribution in [0.15, 0.2) is 55.1 Å². The first kappa shape index (κ1) is 17.3. The van der Waals surface area contributed by atoms with Crippen molar-refractivity contribution in [2.45, 2.75) is 13.5 Å². The van der Waals surface area contributed by atoms with Crippen LogP contribution in [0.3, 0.4) is 0 Å². The summed E-state index contributed by atoms with van der Waals surface area (Å²) >= 11 is 0. The molecule has 0 radical (unpaired) electrons. The van der Waals surface area contributed by atoms with Gasteiger partial charge in [0.15, 0.2) is 0 Å². The zero-order valence-corrected chi connectivity index (χ0v) is 14.6. The van der Waals surface area contributed by atoms with Crippen LogP contribution in [0, 0.1) is 6.92 Å². The van der Waals surface area contributed by atoms with Crippen LogP contribution in [-0.2, 0) is 6.54 Å². The van der Waals surface area contributed by atoms with E-state index in [-0.39, 0.29) is 5.91 Å². The molecule has 0 aliphatic heterocycles. The number of aryl methyl sites for hydroxylation is 1. The quantitative estimate of drug-likeness (QED) is 0.711. The van der Waals surface area contributed by atoms with Crippen LogP contribution < -0.4 is 15.4 Å². The van der Waals surface area contributed by atoms with E-state index in [4.69, 9.17) is 4.74 Å². The number of nitrogens with one attached hydrogen (secondary N) is 2. The SMILES string of the molecule is COc1ccc(C)cc1Nc1ncc(C(=O)NCc2cccnc2)cn1. The normalized spacial score (nSPS) is 10.2. The third-order valence-electron chi connectivity index (χ3n) is 3.69. The molecule has 1 amide bonds. The van der Waals surface area contributed by atoms with Gasteiger partial charge >= 0.3 is 0 Å². The summed E-state index contributed by atoms with van der Waals surface area (Å²) in [6.45, 7) is 2.38. The Kier molecular flexibility index (Phi) is 5.38. The number of hydrogen-bond donors (Lipinski definition) is 2. The third kappa shape index (κ3) is 4.32. The van der Waals surface area contributed by atoms with Crippen LogP contribution in [-0.4, -0.2) is 28.0 Å². The fraction of sp³-hybridized carbons (Fsp3) is 0.158. The average Bonchev–Trinajstić information content (AvgIpc) is 2.68. The van der Waals surface area contributed by atoms with Crippen molar-refractivity contribution in [1.29, 1.82) is 0 Å². The Morgan fingerprint density at radius 3 is 2.65 bits per heavy atom. The number of benzene rings is 1. The van der Waals surface area contributed by atoms with Crippen molar-refractivity contribution in [1.82, 2.24) is 20.3 Å². The molecule has 7 heteroatoms. The Balaban J connectivity index is 1.65.